The van der Waals surface area contributed by atoms with E-state index in [9.17, 15) is 9.90 Å². The second-order valence-electron chi connectivity index (χ2n) is 5.93. The predicted octanol–water partition coefficient (Wildman–Crippen LogP) is 2.73. The normalized spacial score (nSPS) is 15.1. The van der Waals surface area contributed by atoms with Crippen LogP contribution in [0.5, 0.6) is 5.88 Å². The molecule has 2 aromatic rings. The Morgan fingerprint density at radius 3 is 2.54 bits per heavy atom. The van der Waals surface area contributed by atoms with Gasteiger partial charge >= 0.3 is 0 Å². The quantitative estimate of drug-likeness (QED) is 0.663. The Labute approximate surface area is 145 Å². The van der Waals surface area contributed by atoms with Crippen LogP contribution in [0.2, 0.25) is 0 Å². The molecule has 2 N–H and O–H groups in total. The number of aromatic amines is 1. The van der Waals surface area contributed by atoms with E-state index in [1.54, 1.807) is 0 Å². The molecule has 126 valence electrons. The van der Waals surface area contributed by atoms with Crippen LogP contribution in [-0.4, -0.2) is 39.0 Å². The van der Waals surface area contributed by atoms with Crippen LogP contribution in [0.3, 0.4) is 0 Å². The molecule has 0 radical (unpaired) electrons. The number of hydrogen-bond acceptors (Lipinski definition) is 5. The number of aromatic nitrogens is 2. The summed E-state index contributed by atoms with van der Waals surface area (Å²) in [7, 11) is 0. The van der Waals surface area contributed by atoms with Crippen LogP contribution in [0.4, 0.5) is 0 Å². The van der Waals surface area contributed by atoms with E-state index in [4.69, 9.17) is 12.2 Å². The van der Waals surface area contributed by atoms with Gasteiger partial charge in [0.15, 0.2) is 4.77 Å². The first-order valence-corrected chi connectivity index (χ1v) is 8.41. The van der Waals surface area contributed by atoms with Crippen LogP contribution >= 0.6 is 12.2 Å². The summed E-state index contributed by atoms with van der Waals surface area (Å²) < 4.78 is 1.59. The molecule has 1 saturated heterocycles. The van der Waals surface area contributed by atoms with E-state index in [2.05, 4.69) is 10.1 Å². The first-order chi connectivity index (χ1) is 11.6. The summed E-state index contributed by atoms with van der Waals surface area (Å²) >= 11 is 5.20. The molecule has 0 atom stereocenters. The third-order valence-electron chi connectivity index (χ3n) is 4.10. The zero-order chi connectivity index (χ0) is 17.1. The summed E-state index contributed by atoms with van der Waals surface area (Å²) in [4.78, 5) is 14.8. The molecule has 0 spiro atoms. The van der Waals surface area contributed by atoms with Crippen molar-refractivity contribution in [3.8, 4) is 11.6 Å². The highest BCUT2D eigenvalue weighted by molar-refractivity contribution is 7.71. The average molecular weight is 344 g/mol. The molecule has 1 aliphatic heterocycles. The Morgan fingerprint density at radius 2 is 1.88 bits per heavy atom. The van der Waals surface area contributed by atoms with Gasteiger partial charge in [0.05, 0.1) is 11.9 Å². The van der Waals surface area contributed by atoms with Gasteiger partial charge in [-0.15, -0.1) is 0 Å². The molecule has 1 aromatic carbocycles. The average Bonchev–Trinajstić information content (AvgIpc) is 2.57. The van der Waals surface area contributed by atoms with E-state index >= 15 is 0 Å². The molecule has 0 bridgehead atoms. The zero-order valence-corrected chi connectivity index (χ0v) is 14.3. The molecule has 24 heavy (non-hydrogen) atoms. The first-order valence-electron chi connectivity index (χ1n) is 8.00. The number of nitrogens with zero attached hydrogens (tertiary/aromatic N) is 3. The third-order valence-corrected chi connectivity index (χ3v) is 4.38. The number of H-pyrrole nitrogens is 1. The maximum atomic E-state index is 12.2. The highest BCUT2D eigenvalue weighted by Gasteiger charge is 2.13. The molecule has 1 aliphatic rings. The van der Waals surface area contributed by atoms with Crippen LogP contribution < -0.4 is 5.56 Å². The van der Waals surface area contributed by atoms with Gasteiger partial charge in [0.1, 0.15) is 5.56 Å². The summed E-state index contributed by atoms with van der Waals surface area (Å²) in [5.41, 5.74) is 1.45. The van der Waals surface area contributed by atoms with Crippen molar-refractivity contribution in [1.82, 2.24) is 14.6 Å². The molecule has 3 rings (SSSR count). The molecule has 7 heteroatoms. The summed E-state index contributed by atoms with van der Waals surface area (Å²) in [6, 6.07) is 7.52. The topological polar surface area (TPSA) is 73.6 Å². The van der Waals surface area contributed by atoms with Crippen molar-refractivity contribution in [1.29, 1.82) is 0 Å². The summed E-state index contributed by atoms with van der Waals surface area (Å²) in [6.07, 6.45) is 4.80. The molecule has 0 aliphatic carbocycles. The SMILES string of the molecule is Cc1ccc(-n2c(O)c(C=NN3CCCCC3)c(=O)[nH]c2=S)cc1. The minimum atomic E-state index is -0.443. The molecular weight excluding hydrogens is 324 g/mol. The maximum Gasteiger partial charge on any atom is 0.264 e. The standard InChI is InChI=1S/C17H20N4O2S/c1-12-5-7-13(8-6-12)21-16(23)14(15(22)19-17(21)24)11-18-20-9-3-2-4-10-20/h5-8,11,23H,2-4,9-10H2,1H3,(H,19,22,24). The van der Waals surface area contributed by atoms with E-state index in [0.717, 1.165) is 31.5 Å². The monoisotopic (exact) mass is 344 g/mol. The Morgan fingerprint density at radius 1 is 1.21 bits per heavy atom. The lowest BCUT2D eigenvalue weighted by Crippen LogP contribution is -2.25. The fourth-order valence-electron chi connectivity index (χ4n) is 2.72. The van der Waals surface area contributed by atoms with E-state index in [0.29, 0.717) is 5.69 Å². The van der Waals surface area contributed by atoms with Crippen molar-refractivity contribution in [2.24, 2.45) is 5.10 Å². The van der Waals surface area contributed by atoms with Gasteiger partial charge in [-0.25, -0.2) is 0 Å². The number of aromatic hydroxyl groups is 1. The van der Waals surface area contributed by atoms with Gasteiger partial charge in [-0.3, -0.25) is 19.4 Å². The molecular formula is C17H20N4O2S. The lowest BCUT2D eigenvalue weighted by Gasteiger charge is -2.23. The van der Waals surface area contributed by atoms with E-state index in [1.165, 1.54) is 17.2 Å². The molecule has 0 saturated carbocycles. The largest absolute Gasteiger partial charge is 0.494 e. The lowest BCUT2D eigenvalue weighted by molar-refractivity contribution is 0.240. The van der Waals surface area contributed by atoms with Crippen molar-refractivity contribution in [2.75, 3.05) is 13.1 Å². The minimum absolute atomic E-state index is 0.106. The van der Waals surface area contributed by atoms with Gasteiger partial charge in [-0.2, -0.15) is 5.10 Å². The van der Waals surface area contributed by atoms with Crippen molar-refractivity contribution in [2.45, 2.75) is 26.2 Å². The smallest absolute Gasteiger partial charge is 0.264 e. The van der Waals surface area contributed by atoms with Crippen molar-refractivity contribution in [3.05, 3.63) is 50.5 Å². The van der Waals surface area contributed by atoms with Crippen LogP contribution in [0.1, 0.15) is 30.4 Å². The number of aryl methyl sites for hydroxylation is 1. The number of benzene rings is 1. The van der Waals surface area contributed by atoms with Crippen LogP contribution in [-0.2, 0) is 0 Å². The molecule has 0 unspecified atom stereocenters. The molecule has 6 nitrogen and oxygen atoms in total. The number of rotatable bonds is 3. The summed E-state index contributed by atoms with van der Waals surface area (Å²) in [6.45, 7) is 3.71. The van der Waals surface area contributed by atoms with Crippen molar-refractivity contribution < 1.29 is 5.11 Å². The van der Waals surface area contributed by atoms with Crippen LogP contribution in [0.25, 0.3) is 5.69 Å². The van der Waals surface area contributed by atoms with Crippen molar-refractivity contribution in [3.63, 3.8) is 0 Å². The number of piperidine rings is 1. The van der Waals surface area contributed by atoms with Gasteiger partial charge < -0.3 is 5.11 Å². The maximum absolute atomic E-state index is 12.2. The van der Waals surface area contributed by atoms with Gasteiger partial charge in [0.25, 0.3) is 5.56 Å². The van der Waals surface area contributed by atoms with Gasteiger partial charge in [0.2, 0.25) is 5.88 Å². The lowest BCUT2D eigenvalue weighted by atomic mass is 10.2. The van der Waals surface area contributed by atoms with Crippen LogP contribution in [0.15, 0.2) is 34.2 Å². The number of nitrogens with one attached hydrogen (secondary N) is 1. The van der Waals surface area contributed by atoms with E-state index < -0.39 is 5.56 Å². The Kier molecular flexibility index (Phi) is 4.80. The first kappa shape index (κ1) is 16.4. The number of hydrazone groups is 1. The predicted molar refractivity (Wildman–Crippen MR) is 96.6 cm³/mol. The number of hydrogen-bond donors (Lipinski definition) is 2. The molecule has 0 amide bonds. The highest BCUT2D eigenvalue weighted by Crippen LogP contribution is 2.19. The van der Waals surface area contributed by atoms with Gasteiger partial charge in [-0.1, -0.05) is 17.7 Å². The van der Waals surface area contributed by atoms with Crippen molar-refractivity contribution >= 4 is 18.4 Å². The Hall–Kier alpha value is -2.41. The van der Waals surface area contributed by atoms with Crippen LogP contribution in [0, 0.1) is 11.7 Å². The minimum Gasteiger partial charge on any atom is -0.494 e. The second-order valence-corrected chi connectivity index (χ2v) is 6.31. The van der Waals surface area contributed by atoms with Gasteiger partial charge in [-0.05, 0) is 50.5 Å². The van der Waals surface area contributed by atoms with E-state index in [1.807, 2.05) is 36.2 Å². The Bertz CT molecular complexity index is 862. The van der Waals surface area contributed by atoms with Gasteiger partial charge in [0, 0.05) is 13.1 Å². The molecule has 1 fully saturated rings. The molecule has 2 heterocycles. The summed E-state index contributed by atoms with van der Waals surface area (Å²) in [5, 5.41) is 16.8. The second kappa shape index (κ2) is 7.00. The highest BCUT2D eigenvalue weighted by atomic mass is 32.1. The molecule has 1 aromatic heterocycles. The third kappa shape index (κ3) is 3.41. The van der Waals surface area contributed by atoms with E-state index in [-0.39, 0.29) is 16.2 Å². The zero-order valence-electron chi connectivity index (χ0n) is 13.5. The fourth-order valence-corrected chi connectivity index (χ4v) is 3.00. The fraction of sp³-hybridized carbons (Fsp3) is 0.353. The summed E-state index contributed by atoms with van der Waals surface area (Å²) in [5.74, 6) is -0.201. The Balaban J connectivity index is 2.02.